The molecular weight excluding hydrogens is 244 g/mol. The van der Waals surface area contributed by atoms with Crippen LogP contribution in [0.1, 0.15) is 5.82 Å². The molecule has 0 aliphatic carbocycles. The summed E-state index contributed by atoms with van der Waals surface area (Å²) in [5.41, 5.74) is 1.69. The molecule has 96 valence electrons. The van der Waals surface area contributed by atoms with Crippen molar-refractivity contribution in [3.05, 3.63) is 42.4 Å². The molecule has 0 unspecified atom stereocenters. The second-order valence-corrected chi connectivity index (χ2v) is 3.96. The summed E-state index contributed by atoms with van der Waals surface area (Å²) in [6.07, 6.45) is 1.67. The van der Waals surface area contributed by atoms with Gasteiger partial charge in [-0.05, 0) is 0 Å². The molecule has 0 spiro atoms. The summed E-state index contributed by atoms with van der Waals surface area (Å²) in [4.78, 5) is 11.7. The fourth-order valence-corrected chi connectivity index (χ4v) is 1.72. The molecule has 0 aliphatic rings. The average Bonchev–Trinajstić information content (AvgIpc) is 3.08. The van der Waals surface area contributed by atoms with E-state index in [1.54, 1.807) is 13.3 Å². The summed E-state index contributed by atoms with van der Waals surface area (Å²) in [6, 6.07) is 9.84. The van der Waals surface area contributed by atoms with E-state index in [9.17, 15) is 0 Å². The highest BCUT2D eigenvalue weighted by Crippen LogP contribution is 2.20. The van der Waals surface area contributed by atoms with Crippen molar-refractivity contribution in [2.24, 2.45) is 0 Å². The van der Waals surface area contributed by atoms with Gasteiger partial charge < -0.3 is 14.2 Å². The number of aromatic nitrogens is 4. The van der Waals surface area contributed by atoms with Crippen LogP contribution in [0.15, 0.2) is 41.1 Å². The minimum atomic E-state index is 0.323. The molecule has 6 heteroatoms. The fourth-order valence-electron chi connectivity index (χ4n) is 1.72. The van der Waals surface area contributed by atoms with E-state index in [1.807, 2.05) is 30.3 Å². The molecule has 6 nitrogen and oxygen atoms in total. The van der Waals surface area contributed by atoms with Crippen LogP contribution in [0, 0.1) is 0 Å². The Kier molecular flexibility index (Phi) is 3.07. The van der Waals surface area contributed by atoms with Gasteiger partial charge in [0.05, 0.1) is 6.20 Å². The third kappa shape index (κ3) is 2.38. The molecule has 2 aromatic heterocycles. The third-order valence-corrected chi connectivity index (χ3v) is 2.59. The first-order chi connectivity index (χ1) is 9.36. The lowest BCUT2D eigenvalue weighted by atomic mass is 10.2. The smallest absolute Gasteiger partial charge is 0.276 e. The van der Waals surface area contributed by atoms with E-state index in [0.29, 0.717) is 24.0 Å². The first-order valence-electron chi connectivity index (χ1n) is 5.79. The summed E-state index contributed by atoms with van der Waals surface area (Å²) in [5.74, 6) is 1.68. The van der Waals surface area contributed by atoms with E-state index in [-0.39, 0.29) is 0 Å². The molecule has 0 saturated carbocycles. The van der Waals surface area contributed by atoms with Gasteiger partial charge in [-0.25, -0.2) is 4.98 Å². The number of methoxy groups -OCH3 is 1. The molecule has 0 radical (unpaired) electrons. The lowest BCUT2D eigenvalue weighted by molar-refractivity contribution is 0.174. The van der Waals surface area contributed by atoms with E-state index in [4.69, 9.17) is 9.26 Å². The number of nitrogens with zero attached hydrogens (tertiary/aromatic N) is 3. The van der Waals surface area contributed by atoms with Crippen LogP contribution in [0.4, 0.5) is 0 Å². The molecular formula is C13H12N4O2. The second-order valence-electron chi connectivity index (χ2n) is 3.96. The highest BCUT2D eigenvalue weighted by atomic mass is 16.5. The van der Waals surface area contributed by atoms with Gasteiger partial charge >= 0.3 is 0 Å². The summed E-state index contributed by atoms with van der Waals surface area (Å²) in [5, 5.41) is 3.81. The van der Waals surface area contributed by atoms with Crippen molar-refractivity contribution in [2.45, 2.75) is 6.61 Å². The van der Waals surface area contributed by atoms with Crippen molar-refractivity contribution in [1.82, 2.24) is 20.1 Å². The van der Waals surface area contributed by atoms with Crippen molar-refractivity contribution in [3.63, 3.8) is 0 Å². The Hall–Kier alpha value is -2.47. The largest absolute Gasteiger partial charge is 0.377 e. The summed E-state index contributed by atoms with van der Waals surface area (Å²) in [6.45, 7) is 0.323. The Morgan fingerprint density at radius 3 is 2.89 bits per heavy atom. The Bertz CT molecular complexity index is 660. The zero-order valence-corrected chi connectivity index (χ0v) is 10.3. The molecule has 0 fully saturated rings. The van der Waals surface area contributed by atoms with Gasteiger partial charge in [0.1, 0.15) is 18.1 Å². The highest BCUT2D eigenvalue weighted by Gasteiger charge is 2.12. The normalized spacial score (nSPS) is 10.8. The molecule has 3 aromatic rings. The van der Waals surface area contributed by atoms with E-state index in [2.05, 4.69) is 20.1 Å². The molecule has 19 heavy (non-hydrogen) atoms. The highest BCUT2D eigenvalue weighted by molar-refractivity contribution is 5.59. The van der Waals surface area contributed by atoms with Crippen LogP contribution in [0.3, 0.4) is 0 Å². The first-order valence-corrected chi connectivity index (χ1v) is 5.79. The zero-order valence-electron chi connectivity index (χ0n) is 10.3. The number of imidazole rings is 1. The van der Waals surface area contributed by atoms with Crippen molar-refractivity contribution in [3.8, 4) is 23.0 Å². The number of ether oxygens (including phenoxy) is 1. The number of nitrogens with one attached hydrogen (secondary N) is 1. The molecule has 0 saturated heterocycles. The molecule has 0 amide bonds. The number of benzene rings is 1. The lowest BCUT2D eigenvalue weighted by Gasteiger charge is -1.94. The maximum Gasteiger partial charge on any atom is 0.276 e. The number of hydrogen-bond donors (Lipinski definition) is 1. The van der Waals surface area contributed by atoms with Crippen LogP contribution in [-0.4, -0.2) is 27.2 Å². The average molecular weight is 256 g/mol. The SMILES string of the molecule is COCc1noc(-c2cnc(-c3ccccc3)[nH]2)n1. The number of H-pyrrole nitrogens is 1. The van der Waals surface area contributed by atoms with Crippen LogP contribution in [0.5, 0.6) is 0 Å². The molecule has 1 aromatic carbocycles. The molecule has 0 atom stereocenters. The van der Waals surface area contributed by atoms with Gasteiger partial charge in [-0.2, -0.15) is 4.98 Å². The standard InChI is InChI=1S/C13H12N4O2/c1-18-8-11-16-13(19-17-11)10-7-14-12(15-10)9-5-3-2-4-6-9/h2-7H,8H2,1H3,(H,14,15). The predicted octanol–water partition coefficient (Wildman–Crippen LogP) is 2.27. The lowest BCUT2D eigenvalue weighted by Crippen LogP contribution is -1.89. The molecule has 3 rings (SSSR count). The Morgan fingerprint density at radius 1 is 1.26 bits per heavy atom. The summed E-state index contributed by atoms with van der Waals surface area (Å²) >= 11 is 0. The van der Waals surface area contributed by atoms with Crippen molar-refractivity contribution < 1.29 is 9.26 Å². The van der Waals surface area contributed by atoms with E-state index >= 15 is 0 Å². The topological polar surface area (TPSA) is 76.8 Å². The number of rotatable bonds is 4. The quantitative estimate of drug-likeness (QED) is 0.774. The minimum Gasteiger partial charge on any atom is -0.377 e. The first kappa shape index (κ1) is 11.6. The minimum absolute atomic E-state index is 0.323. The zero-order chi connectivity index (χ0) is 13.1. The van der Waals surface area contributed by atoms with Gasteiger partial charge in [0, 0.05) is 12.7 Å². The van der Waals surface area contributed by atoms with E-state index < -0.39 is 0 Å². The fraction of sp³-hybridized carbons (Fsp3) is 0.154. The van der Waals surface area contributed by atoms with Crippen LogP contribution in [0.2, 0.25) is 0 Å². The van der Waals surface area contributed by atoms with E-state index in [1.165, 1.54) is 0 Å². The predicted molar refractivity (Wildman–Crippen MR) is 68.0 cm³/mol. The van der Waals surface area contributed by atoms with Gasteiger partial charge in [0.2, 0.25) is 0 Å². The maximum atomic E-state index is 5.14. The van der Waals surface area contributed by atoms with Crippen LogP contribution < -0.4 is 0 Å². The molecule has 1 N–H and O–H groups in total. The second kappa shape index (κ2) is 5.03. The molecule has 0 bridgehead atoms. The van der Waals surface area contributed by atoms with Crippen LogP contribution >= 0.6 is 0 Å². The van der Waals surface area contributed by atoms with E-state index in [0.717, 1.165) is 11.4 Å². The monoisotopic (exact) mass is 256 g/mol. The molecule has 0 aliphatic heterocycles. The molecule has 2 heterocycles. The Balaban J connectivity index is 1.88. The Labute approximate surface area is 109 Å². The van der Waals surface area contributed by atoms with Gasteiger partial charge in [-0.3, -0.25) is 0 Å². The maximum absolute atomic E-state index is 5.14. The third-order valence-electron chi connectivity index (χ3n) is 2.59. The van der Waals surface area contributed by atoms with Crippen LogP contribution in [0.25, 0.3) is 23.0 Å². The van der Waals surface area contributed by atoms with Crippen molar-refractivity contribution >= 4 is 0 Å². The van der Waals surface area contributed by atoms with Crippen LogP contribution in [-0.2, 0) is 11.3 Å². The Morgan fingerprint density at radius 2 is 2.11 bits per heavy atom. The number of aromatic amines is 1. The number of hydrogen-bond acceptors (Lipinski definition) is 5. The van der Waals surface area contributed by atoms with Gasteiger partial charge in [0.25, 0.3) is 5.89 Å². The van der Waals surface area contributed by atoms with Crippen molar-refractivity contribution in [1.29, 1.82) is 0 Å². The summed E-state index contributed by atoms with van der Waals surface area (Å²) in [7, 11) is 1.58. The van der Waals surface area contributed by atoms with Crippen molar-refractivity contribution in [2.75, 3.05) is 7.11 Å². The van der Waals surface area contributed by atoms with Gasteiger partial charge in [-0.15, -0.1) is 0 Å². The van der Waals surface area contributed by atoms with Gasteiger partial charge in [-0.1, -0.05) is 35.5 Å². The van der Waals surface area contributed by atoms with Gasteiger partial charge in [0.15, 0.2) is 5.82 Å². The summed E-state index contributed by atoms with van der Waals surface area (Å²) < 4.78 is 10.1.